The quantitative estimate of drug-likeness (QED) is 0.540. The largest absolute Gasteiger partial charge is 0.419 e. The van der Waals surface area contributed by atoms with E-state index in [9.17, 15) is 10.1 Å². The smallest absolute Gasteiger partial charge is 0.269 e. The van der Waals surface area contributed by atoms with Gasteiger partial charge in [-0.1, -0.05) is 13.8 Å². The minimum Gasteiger partial charge on any atom is -0.419 e. The summed E-state index contributed by atoms with van der Waals surface area (Å²) in [6.45, 7) is 4.58. The second-order valence-corrected chi connectivity index (χ2v) is 6.00. The van der Waals surface area contributed by atoms with Gasteiger partial charge in [0.1, 0.15) is 0 Å². The van der Waals surface area contributed by atoms with E-state index in [0.29, 0.717) is 29.8 Å². The Kier molecular flexibility index (Phi) is 4.46. The van der Waals surface area contributed by atoms with Crippen LogP contribution < -0.4 is 4.90 Å². The van der Waals surface area contributed by atoms with Crippen LogP contribution in [-0.2, 0) is 6.54 Å². The van der Waals surface area contributed by atoms with Crippen molar-refractivity contribution in [1.82, 2.24) is 20.4 Å². The summed E-state index contributed by atoms with van der Waals surface area (Å²) in [6, 6.07) is 7.97. The summed E-state index contributed by atoms with van der Waals surface area (Å²) in [7, 11) is 1.88. The lowest BCUT2D eigenvalue weighted by atomic mass is 10.1. The van der Waals surface area contributed by atoms with E-state index < -0.39 is 4.92 Å². The van der Waals surface area contributed by atoms with E-state index in [1.54, 1.807) is 12.1 Å². The van der Waals surface area contributed by atoms with Crippen LogP contribution in [0.15, 0.2) is 34.7 Å². The zero-order valence-corrected chi connectivity index (χ0v) is 14.1. The molecule has 0 amide bonds. The van der Waals surface area contributed by atoms with Gasteiger partial charge in [0.25, 0.3) is 5.69 Å². The molecule has 1 aromatic carbocycles. The number of aromatic amines is 1. The molecule has 2 aromatic heterocycles. The van der Waals surface area contributed by atoms with E-state index in [1.807, 2.05) is 18.0 Å². The van der Waals surface area contributed by atoms with E-state index >= 15 is 0 Å². The van der Waals surface area contributed by atoms with Crippen LogP contribution in [0.2, 0.25) is 0 Å². The standard InChI is InChI=1S/C16H18N6O3/c1-10(2)13-8-14(18-17-13)21(3)9-15-19-20-16(25-15)11-4-6-12(7-5-11)22(23)24/h4-8,10H,9H2,1-3H3,(H,17,18). The molecule has 130 valence electrons. The first-order chi connectivity index (χ1) is 11.9. The highest BCUT2D eigenvalue weighted by Crippen LogP contribution is 2.23. The van der Waals surface area contributed by atoms with Gasteiger partial charge in [0, 0.05) is 36.5 Å². The van der Waals surface area contributed by atoms with Crippen molar-refractivity contribution in [3.63, 3.8) is 0 Å². The molecule has 3 rings (SSSR count). The maximum atomic E-state index is 10.7. The third-order valence-corrected chi connectivity index (χ3v) is 3.76. The van der Waals surface area contributed by atoms with Crippen LogP contribution in [-0.4, -0.2) is 32.4 Å². The second kappa shape index (κ2) is 6.71. The lowest BCUT2D eigenvalue weighted by Crippen LogP contribution is -2.16. The van der Waals surface area contributed by atoms with Crippen LogP contribution in [0.3, 0.4) is 0 Å². The highest BCUT2D eigenvalue weighted by Gasteiger charge is 2.14. The molecule has 2 heterocycles. The van der Waals surface area contributed by atoms with Crippen molar-refractivity contribution in [3.8, 4) is 11.5 Å². The number of nitrogens with zero attached hydrogens (tertiary/aromatic N) is 5. The Morgan fingerprint density at radius 1 is 1.28 bits per heavy atom. The number of non-ortho nitro benzene ring substituents is 1. The molecule has 0 atom stereocenters. The van der Waals surface area contributed by atoms with E-state index in [0.717, 1.165) is 11.5 Å². The molecule has 1 N–H and O–H groups in total. The van der Waals surface area contributed by atoms with Gasteiger partial charge in [0.2, 0.25) is 11.8 Å². The van der Waals surface area contributed by atoms with Crippen molar-refractivity contribution in [2.24, 2.45) is 0 Å². The minimum atomic E-state index is -0.451. The number of nitro benzene ring substituents is 1. The van der Waals surface area contributed by atoms with Crippen LogP contribution in [0, 0.1) is 10.1 Å². The van der Waals surface area contributed by atoms with Gasteiger partial charge in [-0.3, -0.25) is 15.2 Å². The Morgan fingerprint density at radius 2 is 2.00 bits per heavy atom. The van der Waals surface area contributed by atoms with Crippen LogP contribution in [0.5, 0.6) is 0 Å². The molecule has 9 nitrogen and oxygen atoms in total. The molecular formula is C16H18N6O3. The van der Waals surface area contributed by atoms with Gasteiger partial charge in [0.05, 0.1) is 11.5 Å². The fourth-order valence-corrected chi connectivity index (χ4v) is 2.26. The average molecular weight is 342 g/mol. The number of hydrogen-bond donors (Lipinski definition) is 1. The number of H-pyrrole nitrogens is 1. The van der Waals surface area contributed by atoms with Crippen molar-refractivity contribution in [3.05, 3.63) is 52.0 Å². The minimum absolute atomic E-state index is 0.0164. The predicted octanol–water partition coefficient (Wildman–Crippen LogP) is 3.13. The Hall–Kier alpha value is -3.23. The zero-order valence-electron chi connectivity index (χ0n) is 14.1. The van der Waals surface area contributed by atoms with Crippen molar-refractivity contribution in [1.29, 1.82) is 0 Å². The van der Waals surface area contributed by atoms with Gasteiger partial charge in [-0.05, 0) is 18.1 Å². The first-order valence-electron chi connectivity index (χ1n) is 7.77. The second-order valence-electron chi connectivity index (χ2n) is 6.00. The summed E-state index contributed by atoms with van der Waals surface area (Å²) in [4.78, 5) is 12.1. The maximum Gasteiger partial charge on any atom is 0.269 e. The van der Waals surface area contributed by atoms with Gasteiger partial charge >= 0.3 is 0 Å². The molecule has 0 radical (unpaired) electrons. The number of nitro groups is 1. The van der Waals surface area contributed by atoms with Crippen molar-refractivity contribution in [2.45, 2.75) is 26.3 Å². The third-order valence-electron chi connectivity index (χ3n) is 3.76. The molecule has 0 spiro atoms. The molecule has 0 unspecified atom stereocenters. The van der Waals surface area contributed by atoms with Gasteiger partial charge < -0.3 is 9.32 Å². The van der Waals surface area contributed by atoms with E-state index in [4.69, 9.17) is 4.42 Å². The molecule has 0 fully saturated rings. The summed E-state index contributed by atoms with van der Waals surface area (Å²) in [5.41, 5.74) is 1.70. The Morgan fingerprint density at radius 3 is 2.60 bits per heavy atom. The number of benzene rings is 1. The Labute approximate surface area is 143 Å². The van der Waals surface area contributed by atoms with Gasteiger partial charge in [-0.25, -0.2) is 0 Å². The highest BCUT2D eigenvalue weighted by atomic mass is 16.6. The summed E-state index contributed by atoms with van der Waals surface area (Å²) >= 11 is 0. The number of anilines is 1. The molecule has 0 saturated carbocycles. The first kappa shape index (κ1) is 16.6. The molecule has 0 aliphatic rings. The van der Waals surface area contributed by atoms with Gasteiger partial charge in [0.15, 0.2) is 5.82 Å². The first-order valence-corrected chi connectivity index (χ1v) is 7.77. The number of nitrogens with one attached hydrogen (secondary N) is 1. The van der Waals surface area contributed by atoms with Crippen LogP contribution in [0.25, 0.3) is 11.5 Å². The lowest BCUT2D eigenvalue weighted by molar-refractivity contribution is -0.384. The number of hydrogen-bond acceptors (Lipinski definition) is 7. The number of aromatic nitrogens is 4. The van der Waals surface area contributed by atoms with Gasteiger partial charge in [-0.2, -0.15) is 5.10 Å². The molecule has 0 bridgehead atoms. The molecule has 9 heteroatoms. The summed E-state index contributed by atoms with van der Waals surface area (Å²) in [5, 5.41) is 26.0. The number of rotatable bonds is 6. The molecule has 3 aromatic rings. The lowest BCUT2D eigenvalue weighted by Gasteiger charge is -2.12. The fraction of sp³-hybridized carbons (Fsp3) is 0.312. The summed E-state index contributed by atoms with van der Waals surface area (Å²) < 4.78 is 5.64. The Bertz CT molecular complexity index is 868. The zero-order chi connectivity index (χ0) is 18.0. The van der Waals surface area contributed by atoms with Crippen molar-refractivity contribution in [2.75, 3.05) is 11.9 Å². The molecule has 0 aliphatic heterocycles. The Balaban J connectivity index is 1.71. The van der Waals surface area contributed by atoms with Crippen LogP contribution >= 0.6 is 0 Å². The summed E-state index contributed by atoms with van der Waals surface area (Å²) in [5.74, 6) is 1.92. The van der Waals surface area contributed by atoms with Crippen LogP contribution in [0.1, 0.15) is 31.4 Å². The molecule has 25 heavy (non-hydrogen) atoms. The van der Waals surface area contributed by atoms with Crippen molar-refractivity contribution >= 4 is 11.5 Å². The average Bonchev–Trinajstić information content (AvgIpc) is 3.24. The molecule has 0 saturated heterocycles. The van der Waals surface area contributed by atoms with E-state index in [-0.39, 0.29) is 5.69 Å². The van der Waals surface area contributed by atoms with E-state index in [1.165, 1.54) is 12.1 Å². The van der Waals surface area contributed by atoms with Crippen LogP contribution in [0.4, 0.5) is 11.5 Å². The maximum absolute atomic E-state index is 10.7. The fourth-order valence-electron chi connectivity index (χ4n) is 2.26. The van der Waals surface area contributed by atoms with E-state index in [2.05, 4.69) is 34.2 Å². The summed E-state index contributed by atoms with van der Waals surface area (Å²) in [6.07, 6.45) is 0. The van der Waals surface area contributed by atoms with Crippen molar-refractivity contribution < 1.29 is 9.34 Å². The SMILES string of the molecule is CC(C)c1cc(N(C)Cc2nnc(-c3ccc([N+](=O)[O-])cc3)o2)n[nH]1. The topological polar surface area (TPSA) is 114 Å². The predicted molar refractivity (Wildman–Crippen MR) is 91.2 cm³/mol. The molecular weight excluding hydrogens is 324 g/mol. The third kappa shape index (κ3) is 3.65. The molecule has 0 aliphatic carbocycles. The normalized spacial score (nSPS) is 11.0. The monoisotopic (exact) mass is 342 g/mol. The van der Waals surface area contributed by atoms with Gasteiger partial charge in [-0.15, -0.1) is 10.2 Å². The highest BCUT2D eigenvalue weighted by molar-refractivity contribution is 5.55.